The Kier molecular flexibility index (Phi) is 7.65. The van der Waals surface area contributed by atoms with Crippen LogP contribution in [0, 0.1) is 18.8 Å². The topological polar surface area (TPSA) is 98.9 Å². The van der Waals surface area contributed by atoms with Crippen LogP contribution in [0.25, 0.3) is 11.4 Å². The summed E-state index contributed by atoms with van der Waals surface area (Å²) in [7, 11) is -1.24. The third-order valence-corrected chi connectivity index (χ3v) is 7.80. The number of aromatic nitrogens is 6. The van der Waals surface area contributed by atoms with E-state index in [1.807, 2.05) is 6.92 Å². The molecule has 1 aliphatic heterocycles. The molecule has 4 rings (SSSR count). The van der Waals surface area contributed by atoms with Gasteiger partial charge >= 0.3 is 0 Å². The van der Waals surface area contributed by atoms with Crippen molar-refractivity contribution in [3.05, 3.63) is 47.8 Å². The third kappa shape index (κ3) is 6.34. The van der Waals surface area contributed by atoms with Crippen LogP contribution in [0.2, 0.25) is 25.7 Å². The van der Waals surface area contributed by atoms with Gasteiger partial charge in [0.25, 0.3) is 0 Å². The van der Waals surface area contributed by atoms with E-state index in [0.717, 1.165) is 35.6 Å². The smallest absolute Gasteiger partial charge is 0.233 e. The minimum Gasteiger partial charge on any atom is -0.359 e. The first-order valence-corrected chi connectivity index (χ1v) is 15.6. The molecule has 3 aromatic heterocycles. The van der Waals surface area contributed by atoms with Crippen LogP contribution in [-0.2, 0) is 22.7 Å². The molecule has 0 aliphatic carbocycles. The van der Waals surface area contributed by atoms with Crippen LogP contribution in [-0.4, -0.2) is 57.1 Å². The molecule has 1 fully saturated rings. The van der Waals surface area contributed by atoms with Crippen molar-refractivity contribution in [2.24, 2.45) is 5.92 Å². The van der Waals surface area contributed by atoms with Crippen LogP contribution in [0.15, 0.2) is 30.7 Å². The highest BCUT2D eigenvalue weighted by molar-refractivity contribution is 6.76. The zero-order valence-corrected chi connectivity index (χ0v) is 21.7. The van der Waals surface area contributed by atoms with E-state index in [1.54, 1.807) is 28.0 Å². The molecular formula is C24H32FN7O2Si. The van der Waals surface area contributed by atoms with Crippen molar-refractivity contribution in [2.75, 3.05) is 18.1 Å². The molecule has 9 nitrogen and oxygen atoms in total. The SMILES string of the molecule is Cc1cnncc1-c1nc(N2CCCC(Cc3ccc(F)nc3)C2=O)n(COCC[Si](C)(C)C)n1. The lowest BCUT2D eigenvalue weighted by molar-refractivity contribution is -0.123. The first-order chi connectivity index (χ1) is 16.7. The molecule has 1 unspecified atom stereocenters. The van der Waals surface area contributed by atoms with E-state index >= 15 is 0 Å². The second kappa shape index (κ2) is 10.7. The van der Waals surface area contributed by atoms with Crippen LogP contribution >= 0.6 is 0 Å². The van der Waals surface area contributed by atoms with Gasteiger partial charge in [-0.3, -0.25) is 9.69 Å². The normalized spacial score (nSPS) is 16.7. The number of hydrogen-bond acceptors (Lipinski definition) is 7. The van der Waals surface area contributed by atoms with Gasteiger partial charge in [-0.1, -0.05) is 25.7 Å². The van der Waals surface area contributed by atoms with Crippen molar-refractivity contribution in [3.63, 3.8) is 0 Å². The summed E-state index contributed by atoms with van der Waals surface area (Å²) in [6, 6.07) is 4.04. The van der Waals surface area contributed by atoms with Crippen molar-refractivity contribution in [3.8, 4) is 11.4 Å². The van der Waals surface area contributed by atoms with E-state index in [0.29, 0.717) is 31.3 Å². The highest BCUT2D eigenvalue weighted by atomic mass is 28.3. The number of aryl methyl sites for hydroxylation is 1. The maximum atomic E-state index is 13.5. The highest BCUT2D eigenvalue weighted by Crippen LogP contribution is 2.28. The fourth-order valence-corrected chi connectivity index (χ4v) is 4.79. The number of amides is 1. The summed E-state index contributed by atoms with van der Waals surface area (Å²) in [6.45, 7) is 10.2. The van der Waals surface area contributed by atoms with E-state index < -0.39 is 14.0 Å². The van der Waals surface area contributed by atoms with Gasteiger partial charge in [0.1, 0.15) is 6.73 Å². The Bertz CT molecular complexity index is 1160. The van der Waals surface area contributed by atoms with E-state index in [2.05, 4.69) is 39.9 Å². The monoisotopic (exact) mass is 497 g/mol. The molecule has 0 saturated carbocycles. The van der Waals surface area contributed by atoms with Gasteiger partial charge in [0.15, 0.2) is 5.82 Å². The molecule has 0 bridgehead atoms. The molecule has 4 heterocycles. The van der Waals surface area contributed by atoms with Gasteiger partial charge < -0.3 is 4.74 Å². The molecule has 1 atom stereocenters. The number of hydrogen-bond donors (Lipinski definition) is 0. The van der Waals surface area contributed by atoms with E-state index in [4.69, 9.17) is 9.72 Å². The average Bonchev–Trinajstić information content (AvgIpc) is 3.23. The molecular weight excluding hydrogens is 465 g/mol. The number of halogens is 1. The second-order valence-electron chi connectivity index (χ2n) is 10.2. The summed E-state index contributed by atoms with van der Waals surface area (Å²) in [5, 5.41) is 12.6. The molecule has 11 heteroatoms. The van der Waals surface area contributed by atoms with Gasteiger partial charge in [0, 0.05) is 38.9 Å². The Labute approximate surface area is 205 Å². The molecule has 0 N–H and O–H groups in total. The number of nitrogens with zero attached hydrogens (tertiary/aromatic N) is 7. The summed E-state index contributed by atoms with van der Waals surface area (Å²) in [5.41, 5.74) is 2.50. The molecule has 3 aromatic rings. The predicted octanol–water partition coefficient (Wildman–Crippen LogP) is 3.88. The minimum absolute atomic E-state index is 0.0209. The number of pyridine rings is 1. The Morgan fingerprint density at radius 2 is 1.97 bits per heavy atom. The minimum atomic E-state index is -1.24. The molecule has 1 aliphatic rings. The Morgan fingerprint density at radius 3 is 2.69 bits per heavy atom. The summed E-state index contributed by atoms with van der Waals surface area (Å²) in [5.74, 6) is 0.171. The van der Waals surface area contributed by atoms with Crippen LogP contribution < -0.4 is 4.90 Å². The lowest BCUT2D eigenvalue weighted by Crippen LogP contribution is -2.43. The fourth-order valence-electron chi connectivity index (χ4n) is 4.03. The van der Waals surface area contributed by atoms with E-state index in [9.17, 15) is 9.18 Å². The number of piperidine rings is 1. The number of carbonyl (C=O) groups excluding carboxylic acids is 1. The zero-order valence-electron chi connectivity index (χ0n) is 20.7. The molecule has 35 heavy (non-hydrogen) atoms. The molecule has 0 aromatic carbocycles. The largest absolute Gasteiger partial charge is 0.359 e. The molecule has 0 spiro atoms. The molecule has 0 radical (unpaired) electrons. The second-order valence-corrected chi connectivity index (χ2v) is 15.8. The van der Waals surface area contributed by atoms with Gasteiger partial charge in [-0.25, -0.2) is 9.67 Å². The van der Waals surface area contributed by atoms with Crippen LogP contribution in [0.3, 0.4) is 0 Å². The Morgan fingerprint density at radius 1 is 1.17 bits per heavy atom. The third-order valence-electron chi connectivity index (χ3n) is 6.09. The van der Waals surface area contributed by atoms with Crippen LogP contribution in [0.4, 0.5) is 10.3 Å². The standard InChI is InChI=1S/C24H32FN7O2Si/c1-17-13-27-28-15-20(17)22-29-24(32(30-22)16-34-10-11-35(2,3)4)31-9-5-6-19(23(31)33)12-18-7-8-21(25)26-14-18/h7-8,13-15,19H,5-6,9-12,16H2,1-4H3. The lowest BCUT2D eigenvalue weighted by Gasteiger charge is -2.31. The maximum Gasteiger partial charge on any atom is 0.233 e. The predicted molar refractivity (Wildman–Crippen MR) is 133 cm³/mol. The lowest BCUT2D eigenvalue weighted by atomic mass is 9.91. The summed E-state index contributed by atoms with van der Waals surface area (Å²) in [4.78, 5) is 23.7. The van der Waals surface area contributed by atoms with Gasteiger partial charge in [-0.15, -0.1) is 5.10 Å². The van der Waals surface area contributed by atoms with Gasteiger partial charge in [0.2, 0.25) is 17.8 Å². The summed E-state index contributed by atoms with van der Waals surface area (Å²) < 4.78 is 20.8. The van der Waals surface area contributed by atoms with Crippen molar-refractivity contribution in [1.29, 1.82) is 0 Å². The van der Waals surface area contributed by atoms with Gasteiger partial charge in [-0.05, 0) is 49.4 Å². The van der Waals surface area contributed by atoms with Gasteiger partial charge in [0.05, 0.1) is 12.4 Å². The van der Waals surface area contributed by atoms with Crippen molar-refractivity contribution in [1.82, 2.24) is 29.9 Å². The molecule has 1 amide bonds. The van der Waals surface area contributed by atoms with Crippen LogP contribution in [0.1, 0.15) is 24.0 Å². The number of anilines is 1. The fraction of sp³-hybridized carbons (Fsp3) is 0.500. The van der Waals surface area contributed by atoms with Crippen molar-refractivity contribution >= 4 is 19.9 Å². The van der Waals surface area contributed by atoms with Crippen LogP contribution in [0.5, 0.6) is 0 Å². The summed E-state index contributed by atoms with van der Waals surface area (Å²) in [6.07, 6.45) is 6.89. The molecule has 1 saturated heterocycles. The van der Waals surface area contributed by atoms with Gasteiger partial charge in [-0.2, -0.15) is 19.6 Å². The quantitative estimate of drug-likeness (QED) is 0.251. The summed E-state index contributed by atoms with van der Waals surface area (Å²) >= 11 is 0. The van der Waals surface area contributed by atoms with E-state index in [-0.39, 0.29) is 18.6 Å². The number of carbonyl (C=O) groups is 1. The number of rotatable bonds is 9. The van der Waals surface area contributed by atoms with Crippen molar-refractivity contribution < 1.29 is 13.9 Å². The Hall–Kier alpha value is -3.05. The Balaban J connectivity index is 1.58. The first-order valence-electron chi connectivity index (χ1n) is 11.9. The first kappa shape index (κ1) is 25.1. The average molecular weight is 498 g/mol. The zero-order chi connectivity index (χ0) is 25.0. The van der Waals surface area contributed by atoms with Crippen molar-refractivity contribution in [2.45, 2.75) is 58.6 Å². The highest BCUT2D eigenvalue weighted by Gasteiger charge is 2.33. The maximum absolute atomic E-state index is 13.5. The molecule has 186 valence electrons. The number of ether oxygens (including phenoxy) is 1. The van der Waals surface area contributed by atoms with E-state index in [1.165, 1.54) is 12.3 Å².